The van der Waals surface area contributed by atoms with E-state index in [1.807, 2.05) is 31.3 Å². The van der Waals surface area contributed by atoms with E-state index in [9.17, 15) is 0 Å². The van der Waals surface area contributed by atoms with Gasteiger partial charge < -0.3 is 15.1 Å². The minimum absolute atomic E-state index is 0.0125. The van der Waals surface area contributed by atoms with E-state index in [0.29, 0.717) is 6.04 Å². The zero-order chi connectivity index (χ0) is 13.2. The van der Waals surface area contributed by atoms with Crippen molar-refractivity contribution in [1.82, 2.24) is 4.98 Å². The molecule has 0 spiro atoms. The van der Waals surface area contributed by atoms with Crippen LogP contribution in [0, 0.1) is 0 Å². The summed E-state index contributed by atoms with van der Waals surface area (Å²) in [5, 5.41) is 0. The first-order chi connectivity index (χ1) is 9.25. The second-order valence-electron chi connectivity index (χ2n) is 5.14. The molecule has 19 heavy (non-hydrogen) atoms. The predicted octanol–water partition coefficient (Wildman–Crippen LogP) is 2.86. The van der Waals surface area contributed by atoms with Gasteiger partial charge in [-0.05, 0) is 38.0 Å². The maximum absolute atomic E-state index is 6.06. The first-order valence-electron chi connectivity index (χ1n) is 6.75. The van der Waals surface area contributed by atoms with Gasteiger partial charge in [0.25, 0.3) is 0 Å². The van der Waals surface area contributed by atoms with Gasteiger partial charge >= 0.3 is 0 Å². The van der Waals surface area contributed by atoms with Crippen LogP contribution in [0.15, 0.2) is 41.1 Å². The number of nitrogens with two attached hydrogens (primary N) is 1. The summed E-state index contributed by atoms with van der Waals surface area (Å²) in [6.45, 7) is 2.76. The SMILES string of the molecule is CC(N)c1cccnc1N(Cc1ccco1)C1CC1. The topological polar surface area (TPSA) is 55.3 Å². The Hall–Kier alpha value is -1.81. The highest BCUT2D eigenvalue weighted by molar-refractivity contribution is 5.50. The maximum Gasteiger partial charge on any atom is 0.133 e. The Kier molecular flexibility index (Phi) is 3.25. The minimum atomic E-state index is -0.0125. The van der Waals surface area contributed by atoms with E-state index in [1.165, 1.54) is 12.8 Å². The summed E-state index contributed by atoms with van der Waals surface area (Å²) in [5.41, 5.74) is 7.15. The molecule has 2 aromatic heterocycles. The van der Waals surface area contributed by atoms with E-state index >= 15 is 0 Å². The zero-order valence-corrected chi connectivity index (χ0v) is 11.1. The van der Waals surface area contributed by atoms with E-state index in [2.05, 4.69) is 16.0 Å². The molecule has 100 valence electrons. The van der Waals surface area contributed by atoms with Crippen molar-refractivity contribution in [3.05, 3.63) is 48.0 Å². The van der Waals surface area contributed by atoms with Crippen LogP contribution >= 0.6 is 0 Å². The van der Waals surface area contributed by atoms with Crippen LogP contribution in [-0.4, -0.2) is 11.0 Å². The normalized spacial score (nSPS) is 16.3. The van der Waals surface area contributed by atoms with Gasteiger partial charge in [0.1, 0.15) is 11.6 Å². The molecular weight excluding hydrogens is 238 g/mol. The van der Waals surface area contributed by atoms with Crippen LogP contribution in [0.1, 0.15) is 37.1 Å². The van der Waals surface area contributed by atoms with E-state index in [0.717, 1.165) is 23.7 Å². The van der Waals surface area contributed by atoms with E-state index in [4.69, 9.17) is 10.2 Å². The Morgan fingerprint density at radius 1 is 1.42 bits per heavy atom. The maximum atomic E-state index is 6.06. The van der Waals surface area contributed by atoms with Crippen LogP contribution < -0.4 is 10.6 Å². The van der Waals surface area contributed by atoms with E-state index in [1.54, 1.807) is 6.26 Å². The van der Waals surface area contributed by atoms with Crippen LogP contribution in [0.4, 0.5) is 5.82 Å². The average molecular weight is 257 g/mol. The van der Waals surface area contributed by atoms with Gasteiger partial charge in [-0.3, -0.25) is 0 Å². The summed E-state index contributed by atoms with van der Waals surface area (Å²) in [6.07, 6.45) is 5.98. The lowest BCUT2D eigenvalue weighted by Gasteiger charge is -2.26. The summed E-state index contributed by atoms with van der Waals surface area (Å²) in [7, 11) is 0. The van der Waals surface area contributed by atoms with Crippen molar-refractivity contribution in [3.8, 4) is 0 Å². The Bertz CT molecular complexity index is 532. The molecule has 4 heteroatoms. The lowest BCUT2D eigenvalue weighted by molar-refractivity contribution is 0.499. The summed E-state index contributed by atoms with van der Waals surface area (Å²) in [5.74, 6) is 1.96. The van der Waals surface area contributed by atoms with Crippen LogP contribution in [0.2, 0.25) is 0 Å². The van der Waals surface area contributed by atoms with Crippen LogP contribution in [-0.2, 0) is 6.54 Å². The number of pyridine rings is 1. The molecule has 0 aromatic carbocycles. The molecular formula is C15H19N3O. The molecule has 0 amide bonds. The van der Waals surface area contributed by atoms with E-state index < -0.39 is 0 Å². The fourth-order valence-corrected chi connectivity index (χ4v) is 2.34. The second-order valence-corrected chi connectivity index (χ2v) is 5.14. The quantitative estimate of drug-likeness (QED) is 0.894. The fraction of sp³-hybridized carbons (Fsp3) is 0.400. The van der Waals surface area contributed by atoms with Gasteiger partial charge in [-0.15, -0.1) is 0 Å². The summed E-state index contributed by atoms with van der Waals surface area (Å²) < 4.78 is 5.46. The molecule has 4 nitrogen and oxygen atoms in total. The number of anilines is 1. The molecule has 0 bridgehead atoms. The number of aromatic nitrogens is 1. The van der Waals surface area contributed by atoms with E-state index in [-0.39, 0.29) is 6.04 Å². The molecule has 0 saturated heterocycles. The first kappa shape index (κ1) is 12.2. The zero-order valence-electron chi connectivity index (χ0n) is 11.1. The third kappa shape index (κ3) is 2.63. The van der Waals surface area contributed by atoms with Crippen molar-refractivity contribution in [2.45, 2.75) is 38.4 Å². The molecule has 1 aliphatic rings. The largest absolute Gasteiger partial charge is 0.467 e. The Morgan fingerprint density at radius 2 is 2.26 bits per heavy atom. The minimum Gasteiger partial charge on any atom is -0.467 e. The van der Waals surface area contributed by atoms with Gasteiger partial charge in [0.15, 0.2) is 0 Å². The standard InChI is InChI=1S/C15H19N3O/c1-11(16)14-5-2-8-17-15(14)18(12-6-7-12)10-13-4-3-9-19-13/h2-5,8-9,11-12H,6-7,10,16H2,1H3. The molecule has 1 unspecified atom stereocenters. The summed E-state index contributed by atoms with van der Waals surface area (Å²) in [4.78, 5) is 6.86. The number of nitrogens with zero attached hydrogens (tertiary/aromatic N) is 2. The van der Waals surface area contributed by atoms with Gasteiger partial charge in [0.2, 0.25) is 0 Å². The molecule has 1 atom stereocenters. The first-order valence-corrected chi connectivity index (χ1v) is 6.75. The van der Waals surface area contributed by atoms with Gasteiger partial charge in [-0.2, -0.15) is 0 Å². The van der Waals surface area contributed by atoms with Gasteiger partial charge in [0, 0.05) is 23.8 Å². The molecule has 0 radical (unpaired) electrons. The molecule has 2 heterocycles. The van der Waals surface area contributed by atoms with Crippen LogP contribution in [0.3, 0.4) is 0 Å². The lowest BCUT2D eigenvalue weighted by atomic mass is 10.1. The number of hydrogen-bond acceptors (Lipinski definition) is 4. The van der Waals surface area contributed by atoms with Crippen molar-refractivity contribution in [2.24, 2.45) is 5.73 Å². The average Bonchev–Trinajstić information content (AvgIpc) is 3.13. The monoisotopic (exact) mass is 257 g/mol. The third-order valence-corrected chi connectivity index (χ3v) is 3.47. The van der Waals surface area contributed by atoms with Crippen molar-refractivity contribution in [2.75, 3.05) is 4.90 Å². The highest BCUT2D eigenvalue weighted by atomic mass is 16.3. The predicted molar refractivity (Wildman–Crippen MR) is 74.8 cm³/mol. The highest BCUT2D eigenvalue weighted by Gasteiger charge is 2.32. The Labute approximate surface area is 113 Å². The Balaban J connectivity index is 1.92. The molecule has 2 aromatic rings. The third-order valence-electron chi connectivity index (χ3n) is 3.47. The van der Waals surface area contributed by atoms with Gasteiger partial charge in [-0.1, -0.05) is 6.07 Å². The molecule has 1 aliphatic carbocycles. The van der Waals surface area contributed by atoms with Crippen molar-refractivity contribution < 1.29 is 4.42 Å². The molecule has 1 fully saturated rings. The molecule has 3 rings (SSSR count). The summed E-state index contributed by atoms with van der Waals surface area (Å²) in [6, 6.07) is 8.49. The molecule has 0 aliphatic heterocycles. The Morgan fingerprint density at radius 3 is 2.89 bits per heavy atom. The highest BCUT2D eigenvalue weighted by Crippen LogP contribution is 2.35. The van der Waals surface area contributed by atoms with Crippen LogP contribution in [0.5, 0.6) is 0 Å². The van der Waals surface area contributed by atoms with Crippen LogP contribution in [0.25, 0.3) is 0 Å². The molecule has 2 N–H and O–H groups in total. The van der Waals surface area contributed by atoms with Crippen molar-refractivity contribution in [3.63, 3.8) is 0 Å². The smallest absolute Gasteiger partial charge is 0.133 e. The summed E-state index contributed by atoms with van der Waals surface area (Å²) >= 11 is 0. The molecule has 1 saturated carbocycles. The van der Waals surface area contributed by atoms with Crippen molar-refractivity contribution in [1.29, 1.82) is 0 Å². The number of rotatable bonds is 5. The number of hydrogen-bond donors (Lipinski definition) is 1. The number of furan rings is 1. The van der Waals surface area contributed by atoms with Gasteiger partial charge in [-0.25, -0.2) is 4.98 Å². The fourth-order valence-electron chi connectivity index (χ4n) is 2.34. The van der Waals surface area contributed by atoms with Gasteiger partial charge in [0.05, 0.1) is 12.8 Å². The van der Waals surface area contributed by atoms with Crippen molar-refractivity contribution >= 4 is 5.82 Å². The second kappa shape index (κ2) is 5.05. The lowest BCUT2D eigenvalue weighted by Crippen LogP contribution is -2.28.